The highest BCUT2D eigenvalue weighted by Gasteiger charge is 2.04. The van der Waals surface area contributed by atoms with E-state index in [0.717, 1.165) is 18.5 Å². The van der Waals surface area contributed by atoms with Gasteiger partial charge in [-0.05, 0) is 6.42 Å². The van der Waals surface area contributed by atoms with Crippen molar-refractivity contribution in [3.8, 4) is 0 Å². The molecular formula is C7H8Cl2N2. The van der Waals surface area contributed by atoms with Crippen molar-refractivity contribution in [2.75, 3.05) is 0 Å². The average Bonchev–Trinajstić information content (AvgIpc) is 1.99. The normalized spacial score (nSPS) is 10.1. The first-order chi connectivity index (χ1) is 5.25. The van der Waals surface area contributed by atoms with Crippen molar-refractivity contribution in [1.82, 2.24) is 9.97 Å². The van der Waals surface area contributed by atoms with Gasteiger partial charge in [0.05, 0.1) is 10.7 Å². The lowest BCUT2D eigenvalue weighted by Gasteiger charge is -2.00. The summed E-state index contributed by atoms with van der Waals surface area (Å²) in [6.07, 6.45) is 3.29. The molecule has 0 aliphatic rings. The molecule has 0 saturated heterocycles. The summed E-state index contributed by atoms with van der Waals surface area (Å²) in [5.74, 6) is 0. The average molecular weight is 191 g/mol. The van der Waals surface area contributed by atoms with Crippen molar-refractivity contribution in [3.63, 3.8) is 0 Å². The van der Waals surface area contributed by atoms with Gasteiger partial charge in [0.25, 0.3) is 0 Å². The van der Waals surface area contributed by atoms with Crippen LogP contribution in [-0.2, 0) is 6.42 Å². The summed E-state index contributed by atoms with van der Waals surface area (Å²) < 4.78 is 0. The van der Waals surface area contributed by atoms with Gasteiger partial charge in [0.15, 0.2) is 5.15 Å². The predicted molar refractivity (Wildman–Crippen MR) is 46.0 cm³/mol. The number of rotatable bonds is 2. The van der Waals surface area contributed by atoms with Gasteiger partial charge in [0, 0.05) is 0 Å². The maximum Gasteiger partial charge on any atom is 0.151 e. The predicted octanol–water partition coefficient (Wildman–Crippen LogP) is 2.74. The molecule has 60 valence electrons. The van der Waals surface area contributed by atoms with Gasteiger partial charge in [-0.3, -0.25) is 0 Å². The highest BCUT2D eigenvalue weighted by atomic mass is 35.5. The van der Waals surface area contributed by atoms with Gasteiger partial charge in [0.2, 0.25) is 0 Å². The minimum atomic E-state index is 0.338. The van der Waals surface area contributed by atoms with Crippen LogP contribution in [0.2, 0.25) is 10.2 Å². The minimum absolute atomic E-state index is 0.338. The summed E-state index contributed by atoms with van der Waals surface area (Å²) >= 11 is 11.5. The van der Waals surface area contributed by atoms with Crippen LogP contribution in [0.5, 0.6) is 0 Å². The first-order valence-electron chi connectivity index (χ1n) is 3.40. The third-order valence-corrected chi connectivity index (χ3v) is 2.09. The standard InChI is InChI=1S/C7H8Cl2N2/c1-2-3-5-6(8)7(9)11-4-10-5/h4H,2-3H2,1H3. The molecule has 0 saturated carbocycles. The first-order valence-corrected chi connectivity index (χ1v) is 4.16. The fourth-order valence-electron chi connectivity index (χ4n) is 0.793. The SMILES string of the molecule is CCCc1ncnc(Cl)c1Cl. The van der Waals surface area contributed by atoms with E-state index in [9.17, 15) is 0 Å². The molecule has 0 fully saturated rings. The fraction of sp³-hybridized carbons (Fsp3) is 0.429. The van der Waals surface area contributed by atoms with E-state index in [1.807, 2.05) is 0 Å². The van der Waals surface area contributed by atoms with Crippen LogP contribution in [0, 0.1) is 0 Å². The van der Waals surface area contributed by atoms with Crippen molar-refractivity contribution in [1.29, 1.82) is 0 Å². The number of hydrogen-bond donors (Lipinski definition) is 0. The molecule has 0 aliphatic carbocycles. The Morgan fingerprint density at radius 3 is 2.73 bits per heavy atom. The monoisotopic (exact) mass is 190 g/mol. The molecule has 0 bridgehead atoms. The summed E-state index contributed by atoms with van der Waals surface area (Å²) in [6.45, 7) is 2.06. The summed E-state index contributed by atoms with van der Waals surface area (Å²) in [7, 11) is 0. The van der Waals surface area contributed by atoms with Crippen molar-refractivity contribution in [2.45, 2.75) is 19.8 Å². The molecule has 2 nitrogen and oxygen atoms in total. The third kappa shape index (κ3) is 2.04. The number of aromatic nitrogens is 2. The highest BCUT2D eigenvalue weighted by Crippen LogP contribution is 2.21. The number of aryl methyl sites for hydroxylation is 1. The summed E-state index contributed by atoms with van der Waals surface area (Å²) in [5, 5.41) is 0.820. The Kier molecular flexibility index (Phi) is 3.09. The van der Waals surface area contributed by atoms with Gasteiger partial charge in [-0.1, -0.05) is 36.5 Å². The van der Waals surface area contributed by atoms with E-state index in [2.05, 4.69) is 16.9 Å². The van der Waals surface area contributed by atoms with Crippen LogP contribution >= 0.6 is 23.2 Å². The smallest absolute Gasteiger partial charge is 0.151 e. The molecule has 4 heteroatoms. The molecule has 1 aromatic rings. The van der Waals surface area contributed by atoms with E-state index in [0.29, 0.717) is 10.2 Å². The molecule has 0 aliphatic heterocycles. The van der Waals surface area contributed by atoms with Crippen molar-refractivity contribution in [2.24, 2.45) is 0 Å². The highest BCUT2D eigenvalue weighted by molar-refractivity contribution is 6.41. The maximum atomic E-state index is 5.82. The van der Waals surface area contributed by atoms with Crippen molar-refractivity contribution in [3.05, 3.63) is 22.2 Å². The van der Waals surface area contributed by atoms with Gasteiger partial charge in [0.1, 0.15) is 6.33 Å². The van der Waals surface area contributed by atoms with E-state index in [4.69, 9.17) is 23.2 Å². The van der Waals surface area contributed by atoms with Gasteiger partial charge < -0.3 is 0 Å². The van der Waals surface area contributed by atoms with E-state index in [-0.39, 0.29) is 0 Å². The zero-order chi connectivity index (χ0) is 8.27. The lowest BCUT2D eigenvalue weighted by atomic mass is 10.2. The lowest BCUT2D eigenvalue weighted by molar-refractivity contribution is 0.872. The second-order valence-corrected chi connectivity index (χ2v) is 2.91. The number of halogens is 2. The van der Waals surface area contributed by atoms with Gasteiger partial charge in [-0.25, -0.2) is 9.97 Å². The third-order valence-electron chi connectivity index (χ3n) is 1.31. The number of nitrogens with zero attached hydrogens (tertiary/aromatic N) is 2. The molecule has 0 amide bonds. The molecular weight excluding hydrogens is 183 g/mol. The molecule has 1 heterocycles. The van der Waals surface area contributed by atoms with Crippen LogP contribution in [0.1, 0.15) is 19.0 Å². The minimum Gasteiger partial charge on any atom is -0.240 e. The summed E-state index contributed by atoms with van der Waals surface area (Å²) in [4.78, 5) is 7.75. The first kappa shape index (κ1) is 8.75. The zero-order valence-corrected chi connectivity index (χ0v) is 7.65. The molecule has 0 aromatic carbocycles. The lowest BCUT2D eigenvalue weighted by Crippen LogP contribution is -1.92. The molecule has 0 N–H and O–H groups in total. The Hall–Kier alpha value is -0.340. The molecule has 11 heavy (non-hydrogen) atoms. The number of hydrogen-bond acceptors (Lipinski definition) is 2. The Morgan fingerprint density at radius 2 is 2.09 bits per heavy atom. The maximum absolute atomic E-state index is 5.82. The molecule has 0 atom stereocenters. The second-order valence-electron chi connectivity index (χ2n) is 2.18. The summed E-state index contributed by atoms with van der Waals surface area (Å²) in [6, 6.07) is 0. The van der Waals surface area contributed by atoms with Crippen LogP contribution in [0.25, 0.3) is 0 Å². The van der Waals surface area contributed by atoms with Gasteiger partial charge >= 0.3 is 0 Å². The Morgan fingerprint density at radius 1 is 1.36 bits per heavy atom. The van der Waals surface area contributed by atoms with Crippen LogP contribution in [0.15, 0.2) is 6.33 Å². The topological polar surface area (TPSA) is 25.8 Å². The molecule has 1 rings (SSSR count). The van der Waals surface area contributed by atoms with Gasteiger partial charge in [-0.2, -0.15) is 0 Å². The Labute approximate surface area is 75.6 Å². The quantitative estimate of drug-likeness (QED) is 0.671. The van der Waals surface area contributed by atoms with Gasteiger partial charge in [-0.15, -0.1) is 0 Å². The molecule has 0 radical (unpaired) electrons. The Balaban J connectivity index is 2.96. The van der Waals surface area contributed by atoms with Crippen molar-refractivity contribution >= 4 is 23.2 Å². The van der Waals surface area contributed by atoms with Crippen LogP contribution in [0.3, 0.4) is 0 Å². The van der Waals surface area contributed by atoms with E-state index in [1.54, 1.807) is 0 Å². The molecule has 0 spiro atoms. The summed E-state index contributed by atoms with van der Waals surface area (Å²) in [5.41, 5.74) is 0.828. The van der Waals surface area contributed by atoms with Crippen molar-refractivity contribution < 1.29 is 0 Å². The van der Waals surface area contributed by atoms with Crippen LogP contribution in [0.4, 0.5) is 0 Å². The zero-order valence-electron chi connectivity index (χ0n) is 6.14. The molecule has 0 unspecified atom stereocenters. The van der Waals surface area contributed by atoms with E-state index < -0.39 is 0 Å². The van der Waals surface area contributed by atoms with Crippen LogP contribution in [-0.4, -0.2) is 9.97 Å². The largest absolute Gasteiger partial charge is 0.240 e. The fourth-order valence-corrected chi connectivity index (χ4v) is 1.14. The van der Waals surface area contributed by atoms with E-state index in [1.165, 1.54) is 6.33 Å². The van der Waals surface area contributed by atoms with Crippen LogP contribution < -0.4 is 0 Å². The van der Waals surface area contributed by atoms with E-state index >= 15 is 0 Å². The Bertz CT molecular complexity index is 250. The molecule has 1 aromatic heterocycles. The second kappa shape index (κ2) is 3.88.